The Hall–Kier alpha value is -2.94. The van der Waals surface area contributed by atoms with Crippen molar-refractivity contribution in [3.63, 3.8) is 0 Å². The van der Waals surface area contributed by atoms with Gasteiger partial charge < -0.3 is 10.2 Å². The third-order valence-corrected chi connectivity index (χ3v) is 8.33. The number of aliphatic hydroxyl groups is 2. The number of hydrogen-bond acceptors (Lipinski definition) is 2. The van der Waals surface area contributed by atoms with Crippen LogP contribution in [0.1, 0.15) is 88.5 Å². The highest BCUT2D eigenvalue weighted by atomic mass is 16.3. The fourth-order valence-electron chi connectivity index (χ4n) is 6.14. The molecule has 2 aliphatic rings. The third kappa shape index (κ3) is 11.7. The number of aliphatic hydroxyl groups excluding tert-OH is 2. The van der Waals surface area contributed by atoms with E-state index in [-0.39, 0.29) is 23.0 Å². The highest BCUT2D eigenvalue weighted by Gasteiger charge is 2.34. The molecule has 0 spiro atoms. The lowest BCUT2D eigenvalue weighted by Crippen LogP contribution is -2.32. The van der Waals surface area contributed by atoms with Gasteiger partial charge in [0, 0.05) is 5.92 Å². The molecule has 0 fully saturated rings. The molecule has 0 aromatic heterocycles. The van der Waals surface area contributed by atoms with Gasteiger partial charge in [-0.25, -0.2) is 0 Å². The van der Waals surface area contributed by atoms with E-state index in [9.17, 15) is 10.2 Å². The van der Waals surface area contributed by atoms with Crippen molar-refractivity contribution in [2.24, 2.45) is 16.7 Å². The Labute approximate surface area is 257 Å². The molecule has 0 aliphatic heterocycles. The molecule has 228 valence electrons. The summed E-state index contributed by atoms with van der Waals surface area (Å²) in [6.07, 6.45) is 33.8. The van der Waals surface area contributed by atoms with Crippen molar-refractivity contribution >= 4 is 0 Å². The summed E-state index contributed by atoms with van der Waals surface area (Å²) in [6, 6.07) is 0. The van der Waals surface area contributed by atoms with E-state index in [1.54, 1.807) is 0 Å². The molecular formula is C40H56O2. The molecule has 0 heterocycles. The van der Waals surface area contributed by atoms with E-state index in [1.165, 1.54) is 39.0 Å². The molecule has 2 rings (SSSR count). The van der Waals surface area contributed by atoms with Gasteiger partial charge in [-0.3, -0.25) is 0 Å². The first-order chi connectivity index (χ1) is 19.6. The van der Waals surface area contributed by atoms with Crippen LogP contribution in [-0.2, 0) is 0 Å². The predicted molar refractivity (Wildman–Crippen MR) is 184 cm³/mol. The molecule has 0 aromatic rings. The molecular weight excluding hydrogens is 512 g/mol. The second kappa shape index (κ2) is 16.1. The zero-order chi connectivity index (χ0) is 31.5. The minimum absolute atomic E-state index is 0.00528. The van der Waals surface area contributed by atoms with Gasteiger partial charge in [-0.2, -0.15) is 0 Å². The summed E-state index contributed by atoms with van der Waals surface area (Å²) in [5.41, 5.74) is 8.73. The van der Waals surface area contributed by atoms with Gasteiger partial charge in [-0.05, 0) is 77.2 Å². The quantitative estimate of drug-likeness (QED) is 0.203. The predicted octanol–water partition coefficient (Wildman–Crippen LogP) is 10.4. The van der Waals surface area contributed by atoms with Gasteiger partial charge in [-0.15, -0.1) is 0 Å². The summed E-state index contributed by atoms with van der Waals surface area (Å²) in [5.74, 6) is 0.348. The van der Waals surface area contributed by atoms with Gasteiger partial charge in [0.05, 0.1) is 12.2 Å². The lowest BCUT2D eigenvalue weighted by molar-refractivity contribution is 0.116. The van der Waals surface area contributed by atoms with Gasteiger partial charge in [0.2, 0.25) is 0 Å². The van der Waals surface area contributed by atoms with Gasteiger partial charge in [0.1, 0.15) is 0 Å². The molecule has 3 atom stereocenters. The Balaban J connectivity index is 1.90. The number of allylic oxidation sites excluding steroid dienone is 20. The summed E-state index contributed by atoms with van der Waals surface area (Å²) in [7, 11) is 0. The van der Waals surface area contributed by atoms with Crippen molar-refractivity contribution in [1.82, 2.24) is 0 Å². The summed E-state index contributed by atoms with van der Waals surface area (Å²) in [4.78, 5) is 0. The Kier molecular flexibility index (Phi) is 13.5. The topological polar surface area (TPSA) is 40.5 Å². The van der Waals surface area contributed by atoms with Crippen molar-refractivity contribution < 1.29 is 10.2 Å². The summed E-state index contributed by atoms with van der Waals surface area (Å²) in [5, 5.41) is 20.2. The van der Waals surface area contributed by atoms with Gasteiger partial charge >= 0.3 is 0 Å². The van der Waals surface area contributed by atoms with E-state index in [0.29, 0.717) is 5.92 Å². The summed E-state index contributed by atoms with van der Waals surface area (Å²) >= 11 is 0. The Morgan fingerprint density at radius 2 is 1.21 bits per heavy atom. The van der Waals surface area contributed by atoms with Crippen LogP contribution in [0.15, 0.2) is 130 Å². The van der Waals surface area contributed by atoms with Gasteiger partial charge in [0.15, 0.2) is 0 Å². The van der Waals surface area contributed by atoms with Crippen LogP contribution in [-0.4, -0.2) is 22.4 Å². The van der Waals surface area contributed by atoms with Crippen LogP contribution in [0.5, 0.6) is 0 Å². The molecule has 2 aliphatic carbocycles. The van der Waals surface area contributed by atoms with Crippen LogP contribution >= 0.6 is 0 Å². The molecule has 0 aromatic carbocycles. The van der Waals surface area contributed by atoms with E-state index in [2.05, 4.69) is 154 Å². The maximum absolute atomic E-state index is 10.1. The highest BCUT2D eigenvalue weighted by molar-refractivity contribution is 5.38. The van der Waals surface area contributed by atoms with Crippen molar-refractivity contribution in [2.45, 2.75) is 101 Å². The first-order valence-corrected chi connectivity index (χ1v) is 15.4. The molecule has 0 unspecified atom stereocenters. The number of rotatable bonds is 10. The fourth-order valence-corrected chi connectivity index (χ4v) is 6.14. The normalized spacial score (nSPS) is 26.6. The summed E-state index contributed by atoms with van der Waals surface area (Å²) in [6.45, 7) is 21.6. The SMILES string of the molecule is CC1=C[C@H](O)CC(C)(C)[C@H]1/C=C/C(C)=C/C=C/C(C)=C/C=C/C=C(C)/C=C/C=C(C)\C=C\C1=C(C)C[C@@H](O)CC1(C)C. The lowest BCUT2D eigenvalue weighted by Gasteiger charge is -2.38. The molecule has 0 bridgehead atoms. The van der Waals surface area contributed by atoms with E-state index >= 15 is 0 Å². The Bertz CT molecular complexity index is 1270. The molecule has 2 nitrogen and oxygen atoms in total. The highest BCUT2D eigenvalue weighted by Crippen LogP contribution is 2.42. The van der Waals surface area contributed by atoms with Gasteiger partial charge in [0.25, 0.3) is 0 Å². The van der Waals surface area contributed by atoms with E-state index < -0.39 is 0 Å². The van der Waals surface area contributed by atoms with Crippen LogP contribution in [0.25, 0.3) is 0 Å². The van der Waals surface area contributed by atoms with Crippen molar-refractivity contribution in [2.75, 3.05) is 0 Å². The average Bonchev–Trinajstić information content (AvgIpc) is 2.84. The molecule has 2 heteroatoms. The third-order valence-electron chi connectivity index (χ3n) is 8.33. The fraction of sp³-hybridized carbons (Fsp3) is 0.450. The zero-order valence-electron chi connectivity index (χ0n) is 27.9. The maximum Gasteiger partial charge on any atom is 0.0729 e. The van der Waals surface area contributed by atoms with Crippen LogP contribution in [0.2, 0.25) is 0 Å². The Morgan fingerprint density at radius 3 is 1.74 bits per heavy atom. The van der Waals surface area contributed by atoms with E-state index in [0.717, 1.165) is 19.3 Å². The standard InChI is InChI=1S/C40H56O2/c1-29(17-13-19-31(3)21-23-37-33(5)25-35(41)27-39(37,7)8)15-11-12-16-30(2)18-14-20-32(4)22-24-38-34(6)26-36(42)28-40(38,9)10/h11-25,35-37,41-42H,26-28H2,1-10H3/b12-11+,17-13+,18-14+,23-21+,24-22+,29-15+,30-16+,31-19+,32-20-/t35-,36+,37-/m0/s1. The first kappa shape index (κ1) is 35.3. The molecule has 0 radical (unpaired) electrons. The molecule has 42 heavy (non-hydrogen) atoms. The monoisotopic (exact) mass is 568 g/mol. The largest absolute Gasteiger partial charge is 0.393 e. The molecule has 0 amide bonds. The molecule has 0 saturated carbocycles. The van der Waals surface area contributed by atoms with Gasteiger partial charge in [-0.1, -0.05) is 152 Å². The second-order valence-electron chi connectivity index (χ2n) is 13.7. The van der Waals surface area contributed by atoms with Crippen LogP contribution < -0.4 is 0 Å². The minimum atomic E-state index is -0.331. The average molecular weight is 569 g/mol. The molecule has 0 saturated heterocycles. The van der Waals surface area contributed by atoms with Crippen molar-refractivity contribution in [3.8, 4) is 0 Å². The van der Waals surface area contributed by atoms with Crippen LogP contribution in [0, 0.1) is 16.7 Å². The summed E-state index contributed by atoms with van der Waals surface area (Å²) < 4.78 is 0. The van der Waals surface area contributed by atoms with Crippen LogP contribution in [0.4, 0.5) is 0 Å². The van der Waals surface area contributed by atoms with E-state index in [1.807, 2.05) is 6.08 Å². The van der Waals surface area contributed by atoms with Crippen molar-refractivity contribution in [3.05, 3.63) is 130 Å². The van der Waals surface area contributed by atoms with E-state index in [4.69, 9.17) is 0 Å². The number of hydrogen-bond donors (Lipinski definition) is 2. The molecule has 2 N–H and O–H groups in total. The zero-order valence-corrected chi connectivity index (χ0v) is 27.9. The first-order valence-electron chi connectivity index (χ1n) is 15.4. The maximum atomic E-state index is 10.1. The second-order valence-corrected chi connectivity index (χ2v) is 13.7. The smallest absolute Gasteiger partial charge is 0.0729 e. The van der Waals surface area contributed by atoms with Crippen molar-refractivity contribution in [1.29, 1.82) is 0 Å². The Morgan fingerprint density at radius 1 is 0.714 bits per heavy atom. The lowest BCUT2D eigenvalue weighted by atomic mass is 9.67. The minimum Gasteiger partial charge on any atom is -0.393 e. The van der Waals surface area contributed by atoms with Crippen LogP contribution in [0.3, 0.4) is 0 Å².